The van der Waals surface area contributed by atoms with E-state index in [0.717, 1.165) is 15.6 Å². The molecule has 128 valence electrons. The van der Waals surface area contributed by atoms with E-state index in [2.05, 4.69) is 10.3 Å². The number of nitro benzene ring substituents is 1. The van der Waals surface area contributed by atoms with E-state index in [9.17, 15) is 14.9 Å². The van der Waals surface area contributed by atoms with Crippen molar-refractivity contribution in [2.24, 2.45) is 0 Å². The van der Waals surface area contributed by atoms with Gasteiger partial charge in [-0.2, -0.15) is 0 Å². The molecule has 1 amide bonds. The molecule has 0 aliphatic heterocycles. The number of rotatable bonds is 6. The average Bonchev–Trinajstić information content (AvgIpc) is 3.23. The van der Waals surface area contributed by atoms with Crippen molar-refractivity contribution in [1.82, 2.24) is 10.3 Å². The minimum absolute atomic E-state index is 0.0416. The third-order valence-corrected chi connectivity index (χ3v) is 4.78. The standard InChI is InChI=1S/C17H15N3O4S/c1-11-15(25-17(19-11)14-7-4-8-24-14)10-18-16(21)9-12-5-2-3-6-13(12)20(22)23/h2-8H,9-10H2,1H3,(H,18,21). The first-order chi connectivity index (χ1) is 12.0. The normalized spacial score (nSPS) is 10.6. The highest BCUT2D eigenvalue weighted by atomic mass is 32.1. The first-order valence-electron chi connectivity index (χ1n) is 7.54. The molecule has 3 aromatic rings. The Kier molecular flexibility index (Phi) is 4.90. The number of carbonyl (C=O) groups is 1. The first kappa shape index (κ1) is 16.8. The second kappa shape index (κ2) is 7.27. The van der Waals surface area contributed by atoms with Crippen molar-refractivity contribution < 1.29 is 14.1 Å². The lowest BCUT2D eigenvalue weighted by atomic mass is 10.1. The zero-order valence-corrected chi connectivity index (χ0v) is 14.2. The van der Waals surface area contributed by atoms with Gasteiger partial charge in [-0.15, -0.1) is 11.3 Å². The summed E-state index contributed by atoms with van der Waals surface area (Å²) < 4.78 is 5.32. The molecule has 3 rings (SSSR count). The van der Waals surface area contributed by atoms with Crippen molar-refractivity contribution in [1.29, 1.82) is 0 Å². The van der Waals surface area contributed by atoms with Gasteiger partial charge in [0.2, 0.25) is 5.91 Å². The highest BCUT2D eigenvalue weighted by Crippen LogP contribution is 2.28. The lowest BCUT2D eigenvalue weighted by Crippen LogP contribution is -2.24. The van der Waals surface area contributed by atoms with Crippen LogP contribution in [0.1, 0.15) is 16.1 Å². The number of nitrogens with one attached hydrogen (secondary N) is 1. The summed E-state index contributed by atoms with van der Waals surface area (Å²) in [5.41, 5.74) is 1.16. The quantitative estimate of drug-likeness (QED) is 0.538. The molecule has 25 heavy (non-hydrogen) atoms. The van der Waals surface area contributed by atoms with Gasteiger partial charge in [-0.05, 0) is 19.1 Å². The van der Waals surface area contributed by atoms with Crippen molar-refractivity contribution in [2.75, 3.05) is 0 Å². The van der Waals surface area contributed by atoms with Crippen LogP contribution in [0.2, 0.25) is 0 Å². The van der Waals surface area contributed by atoms with Crippen LogP contribution in [0.15, 0.2) is 47.1 Å². The summed E-state index contributed by atoms with van der Waals surface area (Å²) in [5.74, 6) is 0.409. The molecule has 2 heterocycles. The highest BCUT2D eigenvalue weighted by Gasteiger charge is 2.16. The van der Waals surface area contributed by atoms with Gasteiger partial charge >= 0.3 is 0 Å². The average molecular weight is 357 g/mol. The minimum atomic E-state index is -0.481. The molecule has 0 radical (unpaired) electrons. The Bertz CT molecular complexity index is 903. The van der Waals surface area contributed by atoms with Gasteiger partial charge in [0.1, 0.15) is 0 Å². The summed E-state index contributed by atoms with van der Waals surface area (Å²) in [5, 5.41) is 14.5. The number of amides is 1. The van der Waals surface area contributed by atoms with E-state index in [-0.39, 0.29) is 18.0 Å². The van der Waals surface area contributed by atoms with Gasteiger partial charge in [0.15, 0.2) is 10.8 Å². The molecular formula is C17H15N3O4S. The third-order valence-electron chi connectivity index (χ3n) is 3.61. The van der Waals surface area contributed by atoms with Crippen molar-refractivity contribution in [3.05, 3.63) is 68.9 Å². The summed E-state index contributed by atoms with van der Waals surface area (Å²) in [6.07, 6.45) is 1.54. The molecule has 0 spiro atoms. The van der Waals surface area contributed by atoms with Gasteiger partial charge in [0.05, 0.1) is 29.8 Å². The van der Waals surface area contributed by atoms with Gasteiger partial charge in [0.25, 0.3) is 5.69 Å². The molecule has 0 aliphatic carbocycles. The Balaban J connectivity index is 1.64. The summed E-state index contributed by atoms with van der Waals surface area (Å²) >= 11 is 1.45. The van der Waals surface area contributed by atoms with Crippen molar-refractivity contribution in [2.45, 2.75) is 19.9 Å². The van der Waals surface area contributed by atoms with Crippen molar-refractivity contribution in [3.63, 3.8) is 0 Å². The predicted octanol–water partition coefficient (Wildman–Crippen LogP) is 3.48. The number of benzene rings is 1. The molecule has 1 N–H and O–H groups in total. The molecule has 0 atom stereocenters. The Morgan fingerprint density at radius 1 is 1.32 bits per heavy atom. The van der Waals surface area contributed by atoms with E-state index in [4.69, 9.17) is 4.42 Å². The zero-order chi connectivity index (χ0) is 17.8. The zero-order valence-electron chi connectivity index (χ0n) is 13.4. The number of aryl methyl sites for hydroxylation is 1. The molecule has 0 fully saturated rings. The van der Waals surface area contributed by atoms with E-state index in [1.165, 1.54) is 17.4 Å². The van der Waals surface area contributed by atoms with E-state index >= 15 is 0 Å². The van der Waals surface area contributed by atoms with Crippen LogP contribution in [-0.4, -0.2) is 15.8 Å². The van der Waals surface area contributed by atoms with Gasteiger partial charge in [-0.1, -0.05) is 18.2 Å². The predicted molar refractivity (Wildman–Crippen MR) is 93.2 cm³/mol. The number of nitro groups is 1. The lowest BCUT2D eigenvalue weighted by molar-refractivity contribution is -0.385. The fourth-order valence-electron chi connectivity index (χ4n) is 2.35. The summed E-state index contributed by atoms with van der Waals surface area (Å²) in [6, 6.07) is 9.86. The summed E-state index contributed by atoms with van der Waals surface area (Å²) in [4.78, 5) is 28.0. The largest absolute Gasteiger partial charge is 0.462 e. The van der Waals surface area contributed by atoms with Gasteiger partial charge in [-0.25, -0.2) is 4.98 Å². The maximum Gasteiger partial charge on any atom is 0.273 e. The fraction of sp³-hybridized carbons (Fsp3) is 0.176. The fourth-order valence-corrected chi connectivity index (χ4v) is 3.32. The second-order valence-corrected chi connectivity index (χ2v) is 6.43. The summed E-state index contributed by atoms with van der Waals surface area (Å²) in [6.45, 7) is 2.19. The van der Waals surface area contributed by atoms with Gasteiger partial charge in [0, 0.05) is 16.5 Å². The monoisotopic (exact) mass is 357 g/mol. The maximum atomic E-state index is 12.1. The minimum Gasteiger partial charge on any atom is -0.462 e. The molecule has 8 heteroatoms. The van der Waals surface area contributed by atoms with Gasteiger partial charge in [-0.3, -0.25) is 14.9 Å². The third kappa shape index (κ3) is 3.92. The molecular weight excluding hydrogens is 342 g/mol. The van der Waals surface area contributed by atoms with Crippen LogP contribution in [0.3, 0.4) is 0 Å². The Labute approximate surface area is 147 Å². The SMILES string of the molecule is Cc1nc(-c2ccco2)sc1CNC(=O)Cc1ccccc1[N+](=O)[O-]. The molecule has 7 nitrogen and oxygen atoms in total. The van der Waals surface area contributed by atoms with Crippen molar-refractivity contribution in [3.8, 4) is 10.8 Å². The second-order valence-electron chi connectivity index (χ2n) is 5.34. The number of furan rings is 1. The molecule has 0 saturated carbocycles. The van der Waals surface area contributed by atoms with E-state index < -0.39 is 4.92 Å². The summed E-state index contributed by atoms with van der Waals surface area (Å²) in [7, 11) is 0. The number of hydrogen-bond donors (Lipinski definition) is 1. The smallest absolute Gasteiger partial charge is 0.273 e. The van der Waals surface area contributed by atoms with E-state index in [1.54, 1.807) is 30.5 Å². The molecule has 0 bridgehead atoms. The van der Waals surface area contributed by atoms with E-state index in [1.807, 2.05) is 13.0 Å². The number of hydrogen-bond acceptors (Lipinski definition) is 6. The molecule has 1 aromatic carbocycles. The van der Waals surface area contributed by atoms with Crippen LogP contribution in [0.5, 0.6) is 0 Å². The molecule has 0 aliphatic rings. The number of thiazole rings is 1. The number of nitrogens with zero attached hydrogens (tertiary/aromatic N) is 2. The highest BCUT2D eigenvalue weighted by molar-refractivity contribution is 7.15. The van der Waals surface area contributed by atoms with Crippen molar-refractivity contribution >= 4 is 22.9 Å². The van der Waals surface area contributed by atoms with Crippen LogP contribution in [0.25, 0.3) is 10.8 Å². The number of para-hydroxylation sites is 1. The molecule has 0 unspecified atom stereocenters. The number of carbonyl (C=O) groups excluding carboxylic acids is 1. The van der Waals surface area contributed by atoms with Crippen LogP contribution >= 0.6 is 11.3 Å². The Morgan fingerprint density at radius 2 is 2.12 bits per heavy atom. The maximum absolute atomic E-state index is 12.1. The van der Waals surface area contributed by atoms with E-state index in [0.29, 0.717) is 17.9 Å². The lowest BCUT2D eigenvalue weighted by Gasteiger charge is -2.05. The number of aromatic nitrogens is 1. The first-order valence-corrected chi connectivity index (χ1v) is 8.35. The Hall–Kier alpha value is -3.00. The topological polar surface area (TPSA) is 98.3 Å². The van der Waals surface area contributed by atoms with Crippen LogP contribution in [0.4, 0.5) is 5.69 Å². The van der Waals surface area contributed by atoms with Crippen LogP contribution in [-0.2, 0) is 17.8 Å². The molecule has 0 saturated heterocycles. The van der Waals surface area contributed by atoms with Crippen LogP contribution in [0, 0.1) is 17.0 Å². The van der Waals surface area contributed by atoms with Crippen LogP contribution < -0.4 is 5.32 Å². The Morgan fingerprint density at radius 3 is 2.84 bits per heavy atom. The molecule has 2 aromatic heterocycles. The van der Waals surface area contributed by atoms with Gasteiger partial charge < -0.3 is 9.73 Å².